The van der Waals surface area contributed by atoms with Crippen molar-refractivity contribution in [1.29, 1.82) is 0 Å². The second kappa shape index (κ2) is 8.68. The molecule has 6 rings (SSSR count). The zero-order chi connectivity index (χ0) is 23.1. The standard InChI is InChI=1S/C26H28N6O2/c1-34-21-10-11-23-19(14-21)15-22(26(33)27-23)24(25-28-29-30-32(25)20-8-4-5-9-20)31-13-12-17-6-2-3-7-18(17)16-31/h2-3,6-7,10-11,14-15,20,24H,4-5,8-9,12-13,16H2,1H3,(H,27,33)/t24-/m0/s1. The summed E-state index contributed by atoms with van der Waals surface area (Å²) >= 11 is 0. The van der Waals surface area contributed by atoms with E-state index in [0.29, 0.717) is 5.56 Å². The lowest BCUT2D eigenvalue weighted by Crippen LogP contribution is -2.39. The summed E-state index contributed by atoms with van der Waals surface area (Å²) in [7, 11) is 1.65. The number of benzene rings is 2. The summed E-state index contributed by atoms with van der Waals surface area (Å²) in [6, 6.07) is 16.2. The van der Waals surface area contributed by atoms with Crippen molar-refractivity contribution < 1.29 is 4.74 Å². The smallest absolute Gasteiger partial charge is 0.253 e. The second-order valence-corrected chi connectivity index (χ2v) is 9.32. The van der Waals surface area contributed by atoms with Crippen LogP contribution < -0.4 is 10.3 Å². The van der Waals surface area contributed by atoms with Crippen LogP contribution in [0.4, 0.5) is 0 Å². The molecule has 8 heteroatoms. The maximum Gasteiger partial charge on any atom is 0.253 e. The molecule has 1 aliphatic carbocycles. The molecule has 0 bridgehead atoms. The van der Waals surface area contributed by atoms with E-state index in [4.69, 9.17) is 4.74 Å². The Balaban J connectivity index is 1.50. The van der Waals surface area contributed by atoms with Gasteiger partial charge >= 0.3 is 0 Å². The molecule has 0 unspecified atom stereocenters. The Kier molecular flexibility index (Phi) is 5.37. The molecular weight excluding hydrogens is 428 g/mol. The molecule has 0 saturated heterocycles. The number of hydrogen-bond donors (Lipinski definition) is 1. The topological polar surface area (TPSA) is 88.9 Å². The van der Waals surface area contributed by atoms with E-state index in [9.17, 15) is 4.79 Å². The number of pyridine rings is 1. The molecule has 0 radical (unpaired) electrons. The lowest BCUT2D eigenvalue weighted by Gasteiger charge is -2.35. The average molecular weight is 457 g/mol. The number of H-pyrrole nitrogens is 1. The van der Waals surface area contributed by atoms with E-state index in [-0.39, 0.29) is 17.6 Å². The summed E-state index contributed by atoms with van der Waals surface area (Å²) in [5.41, 5.74) is 3.99. The molecule has 1 fully saturated rings. The van der Waals surface area contributed by atoms with Gasteiger partial charge in [0.05, 0.1) is 13.2 Å². The summed E-state index contributed by atoms with van der Waals surface area (Å²) in [6.07, 6.45) is 5.43. The Labute approximate surface area is 197 Å². The fraction of sp³-hybridized carbons (Fsp3) is 0.385. The first kappa shape index (κ1) is 21.0. The molecule has 1 N–H and O–H groups in total. The van der Waals surface area contributed by atoms with Gasteiger partial charge in [-0.05, 0) is 65.1 Å². The minimum absolute atomic E-state index is 0.109. The lowest BCUT2D eigenvalue weighted by atomic mass is 9.95. The summed E-state index contributed by atoms with van der Waals surface area (Å²) in [5.74, 6) is 1.50. The maximum absolute atomic E-state index is 13.5. The van der Waals surface area contributed by atoms with Gasteiger partial charge < -0.3 is 9.72 Å². The zero-order valence-electron chi connectivity index (χ0n) is 19.3. The molecule has 1 atom stereocenters. The molecular formula is C26H28N6O2. The fourth-order valence-corrected chi connectivity index (χ4v) is 5.56. The van der Waals surface area contributed by atoms with Crippen molar-refractivity contribution in [2.75, 3.05) is 13.7 Å². The molecule has 0 amide bonds. The van der Waals surface area contributed by atoms with Crippen LogP contribution in [0.1, 0.15) is 60.3 Å². The monoisotopic (exact) mass is 456 g/mol. The Hall–Kier alpha value is -3.52. The van der Waals surface area contributed by atoms with Crippen LogP contribution >= 0.6 is 0 Å². The number of aromatic nitrogens is 5. The number of rotatable bonds is 5. The third-order valence-corrected chi connectivity index (χ3v) is 7.33. The molecule has 2 aliphatic rings. The first-order chi connectivity index (χ1) is 16.7. The molecule has 4 aromatic rings. The molecule has 1 saturated carbocycles. The first-order valence-electron chi connectivity index (χ1n) is 12.0. The van der Waals surface area contributed by atoms with Crippen molar-refractivity contribution in [2.45, 2.75) is 50.7 Å². The van der Waals surface area contributed by atoms with Crippen LogP contribution in [-0.4, -0.2) is 43.7 Å². The Morgan fingerprint density at radius 2 is 1.91 bits per heavy atom. The Bertz CT molecular complexity index is 1390. The van der Waals surface area contributed by atoms with Crippen LogP contribution in [0.15, 0.2) is 53.3 Å². The number of hydrogen-bond acceptors (Lipinski definition) is 6. The third kappa shape index (κ3) is 3.68. The number of fused-ring (bicyclic) bond motifs is 2. The van der Waals surface area contributed by atoms with Gasteiger partial charge in [-0.2, -0.15) is 0 Å². The summed E-state index contributed by atoms with van der Waals surface area (Å²) in [6.45, 7) is 1.57. The van der Waals surface area contributed by atoms with Gasteiger partial charge in [0.2, 0.25) is 0 Å². The highest BCUT2D eigenvalue weighted by molar-refractivity contribution is 5.80. The van der Waals surface area contributed by atoms with Crippen LogP contribution in [0.5, 0.6) is 5.75 Å². The van der Waals surface area contributed by atoms with Gasteiger partial charge in [-0.25, -0.2) is 4.68 Å². The molecule has 0 spiro atoms. The van der Waals surface area contributed by atoms with Crippen LogP contribution in [-0.2, 0) is 13.0 Å². The van der Waals surface area contributed by atoms with Crippen LogP contribution in [0.25, 0.3) is 10.9 Å². The number of tetrazole rings is 1. The van der Waals surface area contributed by atoms with Crippen molar-refractivity contribution in [2.24, 2.45) is 0 Å². The Morgan fingerprint density at radius 3 is 2.74 bits per heavy atom. The van der Waals surface area contributed by atoms with Gasteiger partial charge in [0.1, 0.15) is 11.8 Å². The SMILES string of the molecule is COc1ccc2[nH]c(=O)c([C@@H](c3nnnn3C3CCCC3)N3CCc4ccccc4C3)cc2c1. The van der Waals surface area contributed by atoms with Gasteiger partial charge in [-0.3, -0.25) is 9.69 Å². The number of ether oxygens (including phenoxy) is 1. The predicted octanol–water partition coefficient (Wildman–Crippen LogP) is 3.79. The average Bonchev–Trinajstić information content (AvgIpc) is 3.56. The summed E-state index contributed by atoms with van der Waals surface area (Å²) in [5, 5.41) is 13.9. The van der Waals surface area contributed by atoms with Crippen molar-refractivity contribution in [1.82, 2.24) is 30.1 Å². The number of aromatic amines is 1. The lowest BCUT2D eigenvalue weighted by molar-refractivity contribution is 0.190. The molecule has 2 aromatic heterocycles. The quantitative estimate of drug-likeness (QED) is 0.492. The molecule has 174 valence electrons. The maximum atomic E-state index is 13.5. The van der Waals surface area contributed by atoms with E-state index < -0.39 is 0 Å². The third-order valence-electron chi connectivity index (χ3n) is 7.33. The van der Waals surface area contributed by atoms with Gasteiger partial charge in [-0.1, -0.05) is 37.1 Å². The van der Waals surface area contributed by atoms with E-state index >= 15 is 0 Å². The van der Waals surface area contributed by atoms with Crippen LogP contribution in [0, 0.1) is 0 Å². The van der Waals surface area contributed by atoms with Gasteiger partial charge in [0.15, 0.2) is 5.82 Å². The molecule has 1 aliphatic heterocycles. The Morgan fingerprint density at radius 1 is 1.09 bits per heavy atom. The molecule has 34 heavy (non-hydrogen) atoms. The van der Waals surface area contributed by atoms with E-state index in [0.717, 1.165) is 54.8 Å². The molecule has 3 heterocycles. The van der Waals surface area contributed by atoms with Crippen LogP contribution in [0.2, 0.25) is 0 Å². The van der Waals surface area contributed by atoms with E-state index in [1.807, 2.05) is 28.9 Å². The van der Waals surface area contributed by atoms with Crippen LogP contribution in [0.3, 0.4) is 0 Å². The number of nitrogens with zero attached hydrogens (tertiary/aromatic N) is 5. The normalized spacial score (nSPS) is 17.7. The van der Waals surface area contributed by atoms with Gasteiger partial charge in [-0.15, -0.1) is 5.10 Å². The predicted molar refractivity (Wildman–Crippen MR) is 129 cm³/mol. The van der Waals surface area contributed by atoms with E-state index in [1.54, 1.807) is 7.11 Å². The molecule has 2 aromatic carbocycles. The second-order valence-electron chi connectivity index (χ2n) is 9.32. The number of methoxy groups -OCH3 is 1. The number of nitrogens with one attached hydrogen (secondary N) is 1. The van der Waals surface area contributed by atoms with E-state index in [1.165, 1.54) is 24.0 Å². The minimum Gasteiger partial charge on any atom is -0.497 e. The van der Waals surface area contributed by atoms with Gasteiger partial charge in [0.25, 0.3) is 5.56 Å². The van der Waals surface area contributed by atoms with Crippen molar-refractivity contribution >= 4 is 10.9 Å². The van der Waals surface area contributed by atoms with Crippen molar-refractivity contribution in [3.63, 3.8) is 0 Å². The highest BCUT2D eigenvalue weighted by Gasteiger charge is 2.34. The highest BCUT2D eigenvalue weighted by Crippen LogP contribution is 2.36. The molecule has 8 nitrogen and oxygen atoms in total. The highest BCUT2D eigenvalue weighted by atomic mass is 16.5. The van der Waals surface area contributed by atoms with Gasteiger partial charge in [0, 0.05) is 29.6 Å². The van der Waals surface area contributed by atoms with Crippen molar-refractivity contribution in [3.8, 4) is 5.75 Å². The van der Waals surface area contributed by atoms with E-state index in [2.05, 4.69) is 49.7 Å². The fourth-order valence-electron chi connectivity index (χ4n) is 5.56. The summed E-state index contributed by atoms with van der Waals surface area (Å²) < 4.78 is 7.41. The largest absolute Gasteiger partial charge is 0.497 e. The van der Waals surface area contributed by atoms with Crippen molar-refractivity contribution in [3.05, 3.63) is 81.4 Å². The first-order valence-corrected chi connectivity index (χ1v) is 12.0. The summed E-state index contributed by atoms with van der Waals surface area (Å²) in [4.78, 5) is 18.9. The zero-order valence-corrected chi connectivity index (χ0v) is 19.3. The minimum atomic E-state index is -0.344.